The minimum Gasteiger partial charge on any atom is -0.496 e. The van der Waals surface area contributed by atoms with Crippen LogP contribution in [0.1, 0.15) is 83.5 Å². The van der Waals surface area contributed by atoms with Crippen molar-refractivity contribution in [3.63, 3.8) is 0 Å². The van der Waals surface area contributed by atoms with Crippen LogP contribution in [0.5, 0.6) is 11.5 Å². The number of halogens is 2. The number of carboxylic acids is 1. The molecule has 12 heteroatoms. The number of aromatic nitrogens is 2. The molecular weight excluding hydrogens is 673 g/mol. The van der Waals surface area contributed by atoms with E-state index in [0.29, 0.717) is 36.8 Å². The number of ether oxygens (including phenoxy) is 2. The molecule has 268 valence electrons. The van der Waals surface area contributed by atoms with Crippen molar-refractivity contribution in [2.24, 2.45) is 7.05 Å². The Labute approximate surface area is 301 Å². The molecule has 51 heavy (non-hydrogen) atoms. The molecule has 0 spiro atoms. The Kier molecular flexibility index (Phi) is 9.32. The van der Waals surface area contributed by atoms with Crippen molar-refractivity contribution in [2.75, 3.05) is 19.0 Å². The number of imidazole rings is 1. The van der Waals surface area contributed by atoms with Gasteiger partial charge in [-0.05, 0) is 80.3 Å². The minimum atomic E-state index is -1.04. The molecule has 2 heterocycles. The van der Waals surface area contributed by atoms with E-state index in [1.165, 1.54) is 7.11 Å². The Morgan fingerprint density at radius 3 is 2.59 bits per heavy atom. The van der Waals surface area contributed by atoms with E-state index in [1.54, 1.807) is 6.07 Å². The Balaban J connectivity index is 1.11. The number of hydrogen-bond acceptors (Lipinski definition) is 7. The number of anilines is 1. The highest BCUT2D eigenvalue weighted by atomic mass is 35.5. The number of carbonyl (C=O) groups is 2. The number of nitrogens with zero attached hydrogens (tertiary/aromatic N) is 3. The van der Waals surface area contributed by atoms with Gasteiger partial charge >= 0.3 is 5.97 Å². The van der Waals surface area contributed by atoms with Crippen LogP contribution in [0.25, 0.3) is 11.1 Å². The number of aliphatic carboxylic acids is 1. The molecule has 7 rings (SSSR count). The molecule has 1 unspecified atom stereocenters. The highest BCUT2D eigenvalue weighted by Gasteiger charge is 2.50. The lowest BCUT2D eigenvalue weighted by Gasteiger charge is -2.29. The van der Waals surface area contributed by atoms with Crippen LogP contribution in [0.3, 0.4) is 0 Å². The highest BCUT2D eigenvalue weighted by Crippen LogP contribution is 2.45. The number of methoxy groups -OCH3 is 1. The Morgan fingerprint density at radius 2 is 1.88 bits per heavy atom. The van der Waals surface area contributed by atoms with Crippen molar-refractivity contribution in [2.45, 2.75) is 83.6 Å². The lowest BCUT2D eigenvalue weighted by Crippen LogP contribution is -2.38. The molecule has 1 amide bonds. The van der Waals surface area contributed by atoms with E-state index in [0.717, 1.165) is 65.1 Å². The van der Waals surface area contributed by atoms with Crippen molar-refractivity contribution in [1.29, 1.82) is 0 Å². The van der Waals surface area contributed by atoms with Gasteiger partial charge in [-0.2, -0.15) is 0 Å². The summed E-state index contributed by atoms with van der Waals surface area (Å²) in [5.74, 6) is -1.12. The zero-order valence-corrected chi connectivity index (χ0v) is 30.3. The number of carboxylic acid groups (broad SMARTS) is 1. The monoisotopic (exact) mass is 715 g/mol. The first-order valence-corrected chi connectivity index (χ1v) is 17.8. The van der Waals surface area contributed by atoms with Gasteiger partial charge in [0.15, 0.2) is 11.6 Å². The Bertz CT molecular complexity index is 2040. The van der Waals surface area contributed by atoms with Crippen LogP contribution in [0, 0.1) is 12.7 Å². The minimum absolute atomic E-state index is 0.0450. The third-order valence-corrected chi connectivity index (χ3v) is 11.1. The van der Waals surface area contributed by atoms with Crippen molar-refractivity contribution < 1.29 is 28.6 Å². The second kappa shape index (κ2) is 13.6. The van der Waals surface area contributed by atoms with Gasteiger partial charge in [-0.15, -0.1) is 0 Å². The normalized spacial score (nSPS) is 17.6. The first kappa shape index (κ1) is 35.0. The molecule has 1 fully saturated rings. The Hall–Kier alpha value is -4.45. The van der Waals surface area contributed by atoms with Gasteiger partial charge in [0.1, 0.15) is 28.2 Å². The van der Waals surface area contributed by atoms with E-state index in [-0.39, 0.29) is 40.6 Å². The second-order valence-electron chi connectivity index (χ2n) is 14.1. The fraction of sp³-hybridized carbons (Fsp3) is 0.410. The molecule has 0 bridgehead atoms. The van der Waals surface area contributed by atoms with Crippen molar-refractivity contribution in [1.82, 2.24) is 19.8 Å². The van der Waals surface area contributed by atoms with Crippen LogP contribution in [0.15, 0.2) is 42.5 Å². The van der Waals surface area contributed by atoms with E-state index in [4.69, 9.17) is 26.1 Å². The van der Waals surface area contributed by atoms with Gasteiger partial charge in [-0.1, -0.05) is 41.9 Å². The van der Waals surface area contributed by atoms with E-state index in [9.17, 15) is 14.7 Å². The molecule has 1 atom stereocenters. The number of benzene rings is 3. The van der Waals surface area contributed by atoms with E-state index in [2.05, 4.69) is 41.5 Å². The molecule has 1 saturated carbocycles. The third-order valence-electron chi connectivity index (χ3n) is 10.8. The summed E-state index contributed by atoms with van der Waals surface area (Å²) in [6.07, 6.45) is 2.83. The average molecular weight is 716 g/mol. The highest BCUT2D eigenvalue weighted by molar-refractivity contribution is 6.32. The fourth-order valence-electron chi connectivity index (χ4n) is 7.48. The number of carbonyl (C=O) groups excluding carboxylic acids is 1. The molecule has 4 aromatic rings. The first-order valence-electron chi connectivity index (χ1n) is 17.4. The quantitative estimate of drug-likeness (QED) is 0.152. The second-order valence-corrected chi connectivity index (χ2v) is 14.5. The van der Waals surface area contributed by atoms with Crippen LogP contribution in [0.2, 0.25) is 5.02 Å². The summed E-state index contributed by atoms with van der Waals surface area (Å²) < 4.78 is 29.5. The molecule has 10 nitrogen and oxygen atoms in total. The smallest absolute Gasteiger partial charge is 0.323 e. The molecule has 1 aromatic heterocycles. The fourth-order valence-corrected chi connectivity index (χ4v) is 7.69. The number of nitrogens with one attached hydrogen (secondary N) is 2. The summed E-state index contributed by atoms with van der Waals surface area (Å²) in [6, 6.07) is 13.9. The van der Waals surface area contributed by atoms with Crippen LogP contribution < -0.4 is 20.1 Å². The molecule has 3 N–H and O–H groups in total. The maximum Gasteiger partial charge on any atom is 0.323 e. The summed E-state index contributed by atoms with van der Waals surface area (Å²) in [7, 11) is 3.34. The van der Waals surface area contributed by atoms with Gasteiger partial charge in [0.05, 0.1) is 12.8 Å². The summed E-state index contributed by atoms with van der Waals surface area (Å²) >= 11 is 6.53. The van der Waals surface area contributed by atoms with Gasteiger partial charge < -0.3 is 24.5 Å². The maximum atomic E-state index is 15.7. The summed E-state index contributed by atoms with van der Waals surface area (Å²) in [5.41, 5.74) is 6.96. The number of rotatable bonds is 11. The molecule has 1 aliphatic heterocycles. The first-order chi connectivity index (χ1) is 24.4. The summed E-state index contributed by atoms with van der Waals surface area (Å²) in [4.78, 5) is 32.4. The lowest BCUT2D eigenvalue weighted by molar-refractivity contribution is -0.140. The van der Waals surface area contributed by atoms with Crippen LogP contribution in [0.4, 0.5) is 10.1 Å². The van der Waals surface area contributed by atoms with E-state index >= 15 is 4.39 Å². The third kappa shape index (κ3) is 6.36. The maximum absolute atomic E-state index is 15.7. The van der Waals surface area contributed by atoms with E-state index in [1.807, 2.05) is 42.8 Å². The predicted molar refractivity (Wildman–Crippen MR) is 193 cm³/mol. The van der Waals surface area contributed by atoms with Crippen LogP contribution in [-0.2, 0) is 37.8 Å². The zero-order valence-electron chi connectivity index (χ0n) is 29.5. The van der Waals surface area contributed by atoms with Crippen molar-refractivity contribution >= 4 is 29.2 Å². The van der Waals surface area contributed by atoms with Crippen LogP contribution in [-0.4, -0.2) is 56.7 Å². The topological polar surface area (TPSA) is 118 Å². The van der Waals surface area contributed by atoms with E-state index < -0.39 is 17.3 Å². The molecular formula is C39H43ClFN5O5. The van der Waals surface area contributed by atoms with Gasteiger partial charge in [-0.3, -0.25) is 19.8 Å². The van der Waals surface area contributed by atoms with Gasteiger partial charge in [0.2, 0.25) is 0 Å². The largest absolute Gasteiger partial charge is 0.496 e. The zero-order chi connectivity index (χ0) is 36.2. The Morgan fingerprint density at radius 1 is 1.14 bits per heavy atom. The summed E-state index contributed by atoms with van der Waals surface area (Å²) in [5, 5.41) is 15.4. The SMILES string of the molecule is COc1cc(OC2CCc3c(-c4cccc(NC(=O)c5nc6c(n5C)CCN(C(C)C)C6)c4C)cccc32)c(Cl)c(F)c1CNC1(C(=O)O)CC1. The standard InChI is InChI=1S/C39H43ClFN5O5/c1-21(2)46-17-14-30-29(20-46)43-36(45(30)4)37(47)44-28-11-7-8-23(22(28)3)24-9-6-10-26-25(24)12-13-31(26)51-33-18-32(50-5)27(35(41)34(33)40)19-42-39(15-16-39)38(48)49/h6-11,18,21,31,42H,12-17,19-20H2,1-5H3,(H,44,47)(H,48,49). The van der Waals surface area contributed by atoms with Gasteiger partial charge in [0.25, 0.3) is 5.91 Å². The van der Waals surface area contributed by atoms with Crippen molar-refractivity contribution in [3.05, 3.63) is 92.8 Å². The summed E-state index contributed by atoms with van der Waals surface area (Å²) in [6.45, 7) is 7.99. The lowest BCUT2D eigenvalue weighted by atomic mass is 9.93. The van der Waals surface area contributed by atoms with Crippen molar-refractivity contribution in [3.8, 4) is 22.6 Å². The molecule has 2 aliphatic carbocycles. The number of amides is 1. The number of fused-ring (bicyclic) bond motifs is 2. The van der Waals surface area contributed by atoms with Crippen LogP contribution >= 0.6 is 11.6 Å². The molecule has 0 radical (unpaired) electrons. The molecule has 0 saturated heterocycles. The average Bonchev–Trinajstić information content (AvgIpc) is 3.70. The van der Waals surface area contributed by atoms with Gasteiger partial charge in [-0.25, -0.2) is 9.37 Å². The predicted octanol–water partition coefficient (Wildman–Crippen LogP) is 6.99. The number of hydrogen-bond donors (Lipinski definition) is 3. The molecule has 3 aliphatic rings. The molecule has 3 aromatic carbocycles. The van der Waals surface area contributed by atoms with Gasteiger partial charge in [0, 0.05) is 62.2 Å².